The molecule has 88 valence electrons. The first-order valence-corrected chi connectivity index (χ1v) is 4.93. The molecular formula is C9H16F2N2O2. The Balaban J connectivity index is 2.36. The third kappa shape index (κ3) is 3.39. The van der Waals surface area contributed by atoms with E-state index in [2.05, 4.69) is 5.32 Å². The van der Waals surface area contributed by atoms with Gasteiger partial charge in [0.25, 0.3) is 5.92 Å². The lowest BCUT2D eigenvalue weighted by molar-refractivity contribution is -0.128. The second kappa shape index (κ2) is 4.85. The number of carbonyl (C=O) groups is 1. The van der Waals surface area contributed by atoms with Gasteiger partial charge in [-0.1, -0.05) is 0 Å². The average molecular weight is 222 g/mol. The standard InChI is InChI=1S/C9H16F2N2O2/c1-6-7(2-3-15-6)8(14)13-5-9(10,11)4-12/h6-7H,2-5,12H2,1H3,(H,13,14). The molecule has 1 rings (SSSR count). The number of nitrogens with two attached hydrogens (primary N) is 1. The summed E-state index contributed by atoms with van der Waals surface area (Å²) in [5, 5.41) is 2.20. The molecule has 1 heterocycles. The maximum Gasteiger partial charge on any atom is 0.277 e. The molecule has 2 atom stereocenters. The number of ether oxygens (including phenoxy) is 1. The summed E-state index contributed by atoms with van der Waals surface area (Å²) in [7, 11) is 0. The lowest BCUT2D eigenvalue weighted by Crippen LogP contribution is -2.44. The van der Waals surface area contributed by atoms with Crippen LogP contribution in [0.3, 0.4) is 0 Å². The monoisotopic (exact) mass is 222 g/mol. The molecule has 0 spiro atoms. The fourth-order valence-corrected chi connectivity index (χ4v) is 1.50. The van der Waals surface area contributed by atoms with E-state index in [1.165, 1.54) is 0 Å². The molecule has 1 saturated heterocycles. The lowest BCUT2D eigenvalue weighted by atomic mass is 10.0. The van der Waals surface area contributed by atoms with Crippen LogP contribution < -0.4 is 11.1 Å². The Bertz CT molecular complexity index is 236. The van der Waals surface area contributed by atoms with Crippen molar-refractivity contribution in [3.63, 3.8) is 0 Å². The van der Waals surface area contributed by atoms with Gasteiger partial charge in [-0.3, -0.25) is 4.79 Å². The molecule has 0 aliphatic carbocycles. The van der Waals surface area contributed by atoms with Crippen molar-refractivity contribution in [3.05, 3.63) is 0 Å². The van der Waals surface area contributed by atoms with Gasteiger partial charge in [-0.05, 0) is 13.3 Å². The molecule has 0 aromatic rings. The van der Waals surface area contributed by atoms with Crippen LogP contribution >= 0.6 is 0 Å². The van der Waals surface area contributed by atoms with Gasteiger partial charge < -0.3 is 15.8 Å². The zero-order valence-corrected chi connectivity index (χ0v) is 8.63. The molecule has 0 radical (unpaired) electrons. The van der Waals surface area contributed by atoms with E-state index in [0.29, 0.717) is 13.0 Å². The highest BCUT2D eigenvalue weighted by Crippen LogP contribution is 2.20. The summed E-state index contributed by atoms with van der Waals surface area (Å²) >= 11 is 0. The number of hydrogen-bond acceptors (Lipinski definition) is 3. The molecule has 6 heteroatoms. The highest BCUT2D eigenvalue weighted by molar-refractivity contribution is 5.79. The van der Waals surface area contributed by atoms with Gasteiger partial charge in [0.1, 0.15) is 0 Å². The average Bonchev–Trinajstić information content (AvgIpc) is 2.61. The summed E-state index contributed by atoms with van der Waals surface area (Å²) in [6, 6.07) is 0. The molecule has 15 heavy (non-hydrogen) atoms. The van der Waals surface area contributed by atoms with Crippen molar-refractivity contribution in [2.24, 2.45) is 11.7 Å². The normalized spacial score (nSPS) is 26.7. The Labute approximate surface area is 87.1 Å². The van der Waals surface area contributed by atoms with Gasteiger partial charge in [-0.15, -0.1) is 0 Å². The van der Waals surface area contributed by atoms with Crippen molar-refractivity contribution in [2.75, 3.05) is 19.7 Å². The van der Waals surface area contributed by atoms with Crippen LogP contribution in [-0.2, 0) is 9.53 Å². The zero-order valence-electron chi connectivity index (χ0n) is 8.63. The number of alkyl halides is 2. The van der Waals surface area contributed by atoms with Crippen molar-refractivity contribution in [1.29, 1.82) is 0 Å². The maximum atomic E-state index is 12.7. The number of nitrogens with one attached hydrogen (secondary N) is 1. The van der Waals surface area contributed by atoms with Crippen LogP contribution in [0.5, 0.6) is 0 Å². The Kier molecular flexibility index (Phi) is 3.98. The summed E-state index contributed by atoms with van der Waals surface area (Å²) in [6.45, 7) is 0.806. The minimum atomic E-state index is -3.03. The van der Waals surface area contributed by atoms with Crippen LogP contribution in [0, 0.1) is 5.92 Å². The van der Waals surface area contributed by atoms with Crippen molar-refractivity contribution in [1.82, 2.24) is 5.32 Å². The van der Waals surface area contributed by atoms with E-state index in [1.54, 1.807) is 6.92 Å². The summed E-state index contributed by atoms with van der Waals surface area (Å²) in [5.74, 6) is -3.73. The van der Waals surface area contributed by atoms with E-state index >= 15 is 0 Å². The SMILES string of the molecule is CC1OCCC1C(=O)NCC(F)(F)CN. The fraction of sp³-hybridized carbons (Fsp3) is 0.889. The highest BCUT2D eigenvalue weighted by atomic mass is 19.3. The molecule has 0 saturated carbocycles. The second-order valence-electron chi connectivity index (χ2n) is 3.75. The molecule has 0 aromatic heterocycles. The lowest BCUT2D eigenvalue weighted by Gasteiger charge is -2.18. The van der Waals surface area contributed by atoms with Crippen LogP contribution in [0.1, 0.15) is 13.3 Å². The van der Waals surface area contributed by atoms with Crippen LogP contribution in [0.25, 0.3) is 0 Å². The molecule has 3 N–H and O–H groups in total. The van der Waals surface area contributed by atoms with Gasteiger partial charge in [0, 0.05) is 6.61 Å². The molecule has 0 bridgehead atoms. The van der Waals surface area contributed by atoms with Gasteiger partial charge in [-0.25, -0.2) is 8.78 Å². The molecular weight excluding hydrogens is 206 g/mol. The molecule has 1 fully saturated rings. The summed E-state index contributed by atoms with van der Waals surface area (Å²) in [6.07, 6.45) is 0.387. The van der Waals surface area contributed by atoms with E-state index in [9.17, 15) is 13.6 Å². The summed E-state index contributed by atoms with van der Waals surface area (Å²) in [5.41, 5.74) is 4.85. The Morgan fingerprint density at radius 2 is 2.33 bits per heavy atom. The largest absolute Gasteiger partial charge is 0.378 e. The summed E-state index contributed by atoms with van der Waals surface area (Å²) < 4.78 is 30.6. The molecule has 1 amide bonds. The van der Waals surface area contributed by atoms with Crippen LogP contribution in [-0.4, -0.2) is 37.6 Å². The highest BCUT2D eigenvalue weighted by Gasteiger charge is 2.33. The van der Waals surface area contributed by atoms with E-state index < -0.39 is 19.0 Å². The molecule has 2 unspecified atom stereocenters. The number of hydrogen-bond donors (Lipinski definition) is 2. The minimum absolute atomic E-state index is 0.198. The Hall–Kier alpha value is -0.750. The third-order valence-electron chi connectivity index (χ3n) is 2.53. The Morgan fingerprint density at radius 1 is 1.67 bits per heavy atom. The number of halogens is 2. The zero-order chi connectivity index (χ0) is 11.5. The fourth-order valence-electron chi connectivity index (χ4n) is 1.50. The van der Waals surface area contributed by atoms with E-state index in [1.807, 2.05) is 0 Å². The second-order valence-corrected chi connectivity index (χ2v) is 3.75. The van der Waals surface area contributed by atoms with Crippen molar-refractivity contribution in [2.45, 2.75) is 25.4 Å². The van der Waals surface area contributed by atoms with Crippen LogP contribution in [0.2, 0.25) is 0 Å². The maximum absolute atomic E-state index is 12.7. The first kappa shape index (κ1) is 12.3. The third-order valence-corrected chi connectivity index (χ3v) is 2.53. The van der Waals surface area contributed by atoms with Gasteiger partial charge in [0.15, 0.2) is 0 Å². The van der Waals surface area contributed by atoms with Gasteiger partial charge in [0.05, 0.1) is 25.1 Å². The smallest absolute Gasteiger partial charge is 0.277 e. The van der Waals surface area contributed by atoms with E-state index in [-0.39, 0.29) is 17.9 Å². The van der Waals surface area contributed by atoms with E-state index in [4.69, 9.17) is 10.5 Å². The van der Waals surface area contributed by atoms with Gasteiger partial charge >= 0.3 is 0 Å². The number of carbonyl (C=O) groups excluding carboxylic acids is 1. The van der Waals surface area contributed by atoms with Gasteiger partial charge in [0.2, 0.25) is 5.91 Å². The number of amides is 1. The van der Waals surface area contributed by atoms with Crippen LogP contribution in [0.15, 0.2) is 0 Å². The van der Waals surface area contributed by atoms with Gasteiger partial charge in [-0.2, -0.15) is 0 Å². The van der Waals surface area contributed by atoms with E-state index in [0.717, 1.165) is 0 Å². The molecule has 4 nitrogen and oxygen atoms in total. The predicted octanol–water partition coefficient (Wildman–Crippen LogP) is 0.122. The quantitative estimate of drug-likeness (QED) is 0.710. The number of rotatable bonds is 4. The molecule has 1 aliphatic rings. The molecule has 1 aliphatic heterocycles. The van der Waals surface area contributed by atoms with Crippen molar-refractivity contribution >= 4 is 5.91 Å². The predicted molar refractivity (Wildman–Crippen MR) is 50.5 cm³/mol. The Morgan fingerprint density at radius 3 is 2.80 bits per heavy atom. The molecule has 0 aromatic carbocycles. The first-order chi connectivity index (χ1) is 6.96. The van der Waals surface area contributed by atoms with Crippen molar-refractivity contribution in [3.8, 4) is 0 Å². The van der Waals surface area contributed by atoms with Crippen LogP contribution in [0.4, 0.5) is 8.78 Å². The summed E-state index contributed by atoms with van der Waals surface area (Å²) in [4.78, 5) is 11.5. The minimum Gasteiger partial charge on any atom is -0.378 e. The topological polar surface area (TPSA) is 64.3 Å². The van der Waals surface area contributed by atoms with Crippen molar-refractivity contribution < 1.29 is 18.3 Å². The first-order valence-electron chi connectivity index (χ1n) is 4.93.